The molecule has 1 aromatic heterocycles. The van der Waals surface area contributed by atoms with Crippen molar-refractivity contribution in [2.75, 3.05) is 38.3 Å². The van der Waals surface area contributed by atoms with Crippen LogP contribution in [0.2, 0.25) is 10.0 Å². The molecule has 3 aromatic rings. The lowest BCUT2D eigenvalue weighted by Crippen LogP contribution is -2.43. The highest BCUT2D eigenvalue weighted by molar-refractivity contribution is 6.33. The first-order valence-electron chi connectivity index (χ1n) is 11.8. The van der Waals surface area contributed by atoms with Crippen LogP contribution in [0.25, 0.3) is 17.1 Å². The van der Waals surface area contributed by atoms with Crippen LogP contribution in [-0.2, 0) is 14.3 Å². The number of aromatic nitrogens is 2. The van der Waals surface area contributed by atoms with Crippen molar-refractivity contribution in [1.82, 2.24) is 14.5 Å². The second-order valence-electron chi connectivity index (χ2n) is 9.02. The summed E-state index contributed by atoms with van der Waals surface area (Å²) in [4.78, 5) is 44.3. The molecule has 4 rings (SSSR count). The standard InChI is InChI=1S/C26H26Cl2FN5O4/c1-32(15-26(29)10-12-38-13-11-26)24-22(25(37)33(16-35)14-21(30)36)34(18-8-6-17(27)7-9-18)23(31-24)19-4-2-3-5-20(19)28/h2-9,16H,10-15H2,1H3,(H2,30,36). The minimum atomic E-state index is -1.58. The highest BCUT2D eigenvalue weighted by atomic mass is 35.5. The number of halogens is 3. The fraction of sp³-hybridized carbons (Fsp3) is 0.308. The van der Waals surface area contributed by atoms with Crippen LogP contribution in [-0.4, -0.2) is 71.7 Å². The van der Waals surface area contributed by atoms with E-state index in [-0.39, 0.29) is 56.3 Å². The predicted octanol–water partition coefficient (Wildman–Crippen LogP) is 3.88. The number of carbonyl (C=O) groups is 3. The van der Waals surface area contributed by atoms with E-state index in [1.54, 1.807) is 55.6 Å². The Labute approximate surface area is 228 Å². The van der Waals surface area contributed by atoms with Crippen LogP contribution in [0.15, 0.2) is 48.5 Å². The van der Waals surface area contributed by atoms with Gasteiger partial charge in [-0.15, -0.1) is 0 Å². The average molecular weight is 562 g/mol. The summed E-state index contributed by atoms with van der Waals surface area (Å²) in [5, 5.41) is 0.817. The summed E-state index contributed by atoms with van der Waals surface area (Å²) in [6.45, 7) is -0.189. The van der Waals surface area contributed by atoms with Gasteiger partial charge in [-0.2, -0.15) is 0 Å². The van der Waals surface area contributed by atoms with E-state index in [9.17, 15) is 14.4 Å². The van der Waals surface area contributed by atoms with Crippen molar-refractivity contribution in [2.24, 2.45) is 5.73 Å². The topological polar surface area (TPSA) is 111 Å². The van der Waals surface area contributed by atoms with Gasteiger partial charge in [-0.3, -0.25) is 23.9 Å². The normalized spacial score (nSPS) is 14.6. The maximum absolute atomic E-state index is 15.7. The van der Waals surface area contributed by atoms with E-state index in [0.29, 0.717) is 26.2 Å². The zero-order valence-electron chi connectivity index (χ0n) is 20.6. The van der Waals surface area contributed by atoms with E-state index < -0.39 is 24.0 Å². The molecule has 2 heterocycles. The molecule has 9 nitrogen and oxygen atoms in total. The van der Waals surface area contributed by atoms with Gasteiger partial charge in [-0.1, -0.05) is 35.3 Å². The summed E-state index contributed by atoms with van der Waals surface area (Å²) in [5.41, 5.74) is 4.60. The van der Waals surface area contributed by atoms with E-state index in [0.717, 1.165) is 0 Å². The number of anilines is 1. The van der Waals surface area contributed by atoms with Crippen LogP contribution in [0.1, 0.15) is 23.3 Å². The molecule has 1 aliphatic rings. The monoisotopic (exact) mass is 561 g/mol. The molecule has 0 atom stereocenters. The second-order valence-corrected chi connectivity index (χ2v) is 9.87. The lowest BCUT2D eigenvalue weighted by molar-refractivity contribution is -0.124. The Hall–Kier alpha value is -3.47. The molecule has 1 aliphatic heterocycles. The summed E-state index contributed by atoms with van der Waals surface area (Å²) in [6.07, 6.45) is 0.580. The van der Waals surface area contributed by atoms with Gasteiger partial charge >= 0.3 is 0 Å². The van der Waals surface area contributed by atoms with E-state index >= 15 is 4.39 Å². The summed E-state index contributed by atoms with van der Waals surface area (Å²) < 4.78 is 22.5. The van der Waals surface area contributed by atoms with E-state index in [1.165, 1.54) is 9.47 Å². The van der Waals surface area contributed by atoms with Crippen LogP contribution < -0.4 is 10.6 Å². The zero-order chi connectivity index (χ0) is 27.4. The number of alkyl halides is 1. The number of nitrogens with two attached hydrogens (primary N) is 1. The maximum Gasteiger partial charge on any atom is 0.281 e. The maximum atomic E-state index is 15.7. The number of hydrogen-bond acceptors (Lipinski definition) is 6. The number of carbonyl (C=O) groups excluding carboxylic acids is 3. The highest BCUT2D eigenvalue weighted by Gasteiger charge is 2.37. The van der Waals surface area contributed by atoms with Crippen molar-refractivity contribution in [1.29, 1.82) is 0 Å². The van der Waals surface area contributed by atoms with Crippen LogP contribution >= 0.6 is 23.2 Å². The molecule has 3 amide bonds. The van der Waals surface area contributed by atoms with Crippen molar-refractivity contribution in [3.63, 3.8) is 0 Å². The number of amides is 3. The molecule has 38 heavy (non-hydrogen) atoms. The summed E-state index contributed by atoms with van der Waals surface area (Å²) in [6, 6.07) is 13.5. The Morgan fingerprint density at radius 3 is 2.42 bits per heavy atom. The van der Waals surface area contributed by atoms with Crippen molar-refractivity contribution < 1.29 is 23.5 Å². The molecule has 0 aliphatic carbocycles. The Bertz CT molecular complexity index is 1340. The SMILES string of the molecule is CN(CC1(F)CCOCC1)c1nc(-c2ccccc2Cl)n(-c2ccc(Cl)cc2)c1C(=O)N(C=O)CC(N)=O. The van der Waals surface area contributed by atoms with Crippen molar-refractivity contribution in [2.45, 2.75) is 18.5 Å². The molecule has 0 bridgehead atoms. The lowest BCUT2D eigenvalue weighted by atomic mass is 9.96. The number of primary amides is 1. The number of nitrogens with zero attached hydrogens (tertiary/aromatic N) is 4. The Morgan fingerprint density at radius 1 is 1.16 bits per heavy atom. The van der Waals surface area contributed by atoms with Gasteiger partial charge in [0.15, 0.2) is 11.5 Å². The van der Waals surface area contributed by atoms with Gasteiger partial charge in [-0.25, -0.2) is 9.37 Å². The minimum Gasteiger partial charge on any atom is -0.381 e. The van der Waals surface area contributed by atoms with Crippen molar-refractivity contribution >= 4 is 47.2 Å². The molecule has 1 fully saturated rings. The highest BCUT2D eigenvalue weighted by Crippen LogP contribution is 2.37. The third-order valence-corrected chi connectivity index (χ3v) is 6.83. The van der Waals surface area contributed by atoms with E-state index in [2.05, 4.69) is 0 Å². The zero-order valence-corrected chi connectivity index (χ0v) is 22.1. The van der Waals surface area contributed by atoms with Crippen LogP contribution in [0, 0.1) is 0 Å². The molecule has 2 N–H and O–H groups in total. The smallest absolute Gasteiger partial charge is 0.281 e. The Kier molecular flexibility index (Phi) is 8.35. The lowest BCUT2D eigenvalue weighted by Gasteiger charge is -2.33. The largest absolute Gasteiger partial charge is 0.381 e. The molecule has 0 spiro atoms. The predicted molar refractivity (Wildman–Crippen MR) is 142 cm³/mol. The number of benzene rings is 2. The van der Waals surface area contributed by atoms with Gasteiger partial charge in [0.1, 0.15) is 18.0 Å². The number of imide groups is 1. The molecule has 12 heteroatoms. The van der Waals surface area contributed by atoms with Gasteiger partial charge in [0.25, 0.3) is 5.91 Å². The van der Waals surface area contributed by atoms with Crippen LogP contribution in [0.3, 0.4) is 0 Å². The molecule has 2 aromatic carbocycles. The van der Waals surface area contributed by atoms with E-state index in [4.69, 9.17) is 38.7 Å². The third kappa shape index (κ3) is 5.82. The average Bonchev–Trinajstić information content (AvgIpc) is 3.28. The van der Waals surface area contributed by atoms with Gasteiger partial charge in [0.2, 0.25) is 12.3 Å². The molecule has 0 unspecified atom stereocenters. The fourth-order valence-electron chi connectivity index (χ4n) is 4.39. The minimum absolute atomic E-state index is 0.0752. The summed E-state index contributed by atoms with van der Waals surface area (Å²) in [5.74, 6) is -1.36. The molecule has 0 saturated carbocycles. The Balaban J connectivity index is 1.97. The van der Waals surface area contributed by atoms with Gasteiger partial charge in [-0.05, 0) is 36.4 Å². The van der Waals surface area contributed by atoms with Crippen molar-refractivity contribution in [3.8, 4) is 17.1 Å². The number of ether oxygens (including phenoxy) is 1. The molecular weight excluding hydrogens is 536 g/mol. The quantitative estimate of drug-likeness (QED) is 0.397. The number of rotatable bonds is 9. The number of imidazole rings is 1. The van der Waals surface area contributed by atoms with Crippen LogP contribution in [0.5, 0.6) is 0 Å². The molecule has 200 valence electrons. The van der Waals surface area contributed by atoms with Gasteiger partial charge < -0.3 is 15.4 Å². The first-order valence-corrected chi connectivity index (χ1v) is 12.5. The van der Waals surface area contributed by atoms with E-state index in [1.807, 2.05) is 0 Å². The first-order chi connectivity index (χ1) is 18.1. The summed E-state index contributed by atoms with van der Waals surface area (Å²) in [7, 11) is 1.61. The third-order valence-electron chi connectivity index (χ3n) is 6.25. The Morgan fingerprint density at radius 2 is 1.82 bits per heavy atom. The van der Waals surface area contributed by atoms with Gasteiger partial charge in [0.05, 0.1) is 11.6 Å². The molecule has 0 radical (unpaired) electrons. The van der Waals surface area contributed by atoms with Crippen LogP contribution in [0.4, 0.5) is 10.2 Å². The fourth-order valence-corrected chi connectivity index (χ4v) is 4.73. The molecular formula is C26H26Cl2FN5O4. The summed E-state index contributed by atoms with van der Waals surface area (Å²) >= 11 is 12.6. The second kappa shape index (κ2) is 11.5. The molecule has 1 saturated heterocycles. The van der Waals surface area contributed by atoms with Crippen molar-refractivity contribution in [3.05, 3.63) is 64.3 Å². The van der Waals surface area contributed by atoms with Gasteiger partial charge in [0, 0.05) is 49.4 Å². The number of hydrogen-bond donors (Lipinski definition) is 1. The first kappa shape index (κ1) is 27.6.